The third-order valence-corrected chi connectivity index (χ3v) is 3.34. The van der Waals surface area contributed by atoms with Gasteiger partial charge >= 0.3 is 0 Å². The van der Waals surface area contributed by atoms with Gasteiger partial charge in [-0.25, -0.2) is 0 Å². The van der Waals surface area contributed by atoms with Gasteiger partial charge in [0.2, 0.25) is 0 Å². The van der Waals surface area contributed by atoms with Crippen LogP contribution in [-0.4, -0.2) is 0 Å². The van der Waals surface area contributed by atoms with Crippen molar-refractivity contribution in [3.05, 3.63) is 71.8 Å². The van der Waals surface area contributed by atoms with E-state index in [1.165, 1.54) is 11.1 Å². The lowest BCUT2D eigenvalue weighted by Crippen LogP contribution is -2.07. The van der Waals surface area contributed by atoms with Crippen LogP contribution in [0.2, 0.25) is 0 Å². The van der Waals surface area contributed by atoms with Gasteiger partial charge in [-0.05, 0) is 24.0 Å². The molecule has 2 heteroatoms. The Hall–Kier alpha value is -1.64. The molecule has 2 aromatic carbocycles. The van der Waals surface area contributed by atoms with E-state index in [-0.39, 0.29) is 12.1 Å². The molecule has 108 valence electrons. The summed E-state index contributed by atoms with van der Waals surface area (Å²) in [5, 5.41) is 0. The van der Waals surface area contributed by atoms with Crippen LogP contribution in [0.25, 0.3) is 0 Å². The van der Waals surface area contributed by atoms with Gasteiger partial charge in [-0.1, -0.05) is 74.5 Å². The highest BCUT2D eigenvalue weighted by atomic mass is 14.6. The molecule has 2 nitrogen and oxygen atoms in total. The van der Waals surface area contributed by atoms with E-state index in [0.29, 0.717) is 0 Å². The number of hydrogen-bond donors (Lipinski definition) is 2. The van der Waals surface area contributed by atoms with Gasteiger partial charge in [0.25, 0.3) is 0 Å². The van der Waals surface area contributed by atoms with Crippen LogP contribution in [0.3, 0.4) is 0 Å². The summed E-state index contributed by atoms with van der Waals surface area (Å²) in [6, 6.07) is 20.8. The molecule has 2 atom stereocenters. The molecule has 20 heavy (non-hydrogen) atoms. The van der Waals surface area contributed by atoms with Crippen molar-refractivity contribution in [3.63, 3.8) is 0 Å². The molecule has 0 aliphatic heterocycles. The molecule has 0 amide bonds. The molecule has 0 heterocycles. The highest BCUT2D eigenvalue weighted by molar-refractivity contribution is 5.18. The van der Waals surface area contributed by atoms with Gasteiger partial charge in [0, 0.05) is 12.1 Å². The fourth-order valence-corrected chi connectivity index (χ4v) is 1.87. The summed E-state index contributed by atoms with van der Waals surface area (Å²) in [5.41, 5.74) is 14.0. The smallest absolute Gasteiger partial charge is 0.0292 e. The van der Waals surface area contributed by atoms with E-state index < -0.39 is 0 Å². The van der Waals surface area contributed by atoms with Crippen LogP contribution in [0.5, 0.6) is 0 Å². The molecule has 0 fully saturated rings. The van der Waals surface area contributed by atoms with Crippen molar-refractivity contribution in [2.24, 2.45) is 11.5 Å². The minimum absolute atomic E-state index is 0.209. The van der Waals surface area contributed by atoms with Crippen LogP contribution >= 0.6 is 0 Å². The Kier molecular flexibility index (Phi) is 7.63. The van der Waals surface area contributed by atoms with Gasteiger partial charge < -0.3 is 11.5 Å². The molecule has 0 spiro atoms. The van der Waals surface area contributed by atoms with E-state index in [4.69, 9.17) is 11.5 Å². The average Bonchev–Trinajstić information content (AvgIpc) is 2.55. The van der Waals surface area contributed by atoms with Crippen molar-refractivity contribution in [2.45, 2.75) is 38.8 Å². The van der Waals surface area contributed by atoms with Crippen molar-refractivity contribution in [1.82, 2.24) is 0 Å². The first-order valence-electron chi connectivity index (χ1n) is 7.30. The third kappa shape index (κ3) is 5.55. The Morgan fingerprint density at radius 1 is 0.650 bits per heavy atom. The quantitative estimate of drug-likeness (QED) is 0.875. The predicted molar refractivity (Wildman–Crippen MR) is 87.3 cm³/mol. The average molecular weight is 270 g/mol. The maximum atomic E-state index is 5.79. The molecule has 0 aromatic heterocycles. The molecule has 0 saturated heterocycles. The fraction of sp³-hybridized carbons (Fsp3) is 0.333. The van der Waals surface area contributed by atoms with E-state index in [2.05, 4.69) is 38.1 Å². The molecule has 2 rings (SSSR count). The fourth-order valence-electron chi connectivity index (χ4n) is 1.87. The zero-order chi connectivity index (χ0) is 14.8. The molecular formula is C18H26N2. The summed E-state index contributed by atoms with van der Waals surface area (Å²) in [4.78, 5) is 0. The van der Waals surface area contributed by atoms with Crippen LogP contribution in [-0.2, 0) is 0 Å². The summed E-state index contributed by atoms with van der Waals surface area (Å²) in [5.74, 6) is 0. The van der Waals surface area contributed by atoms with E-state index in [1.807, 2.05) is 36.4 Å². The highest BCUT2D eigenvalue weighted by Crippen LogP contribution is 2.12. The second kappa shape index (κ2) is 9.29. The van der Waals surface area contributed by atoms with Crippen molar-refractivity contribution in [3.8, 4) is 0 Å². The van der Waals surface area contributed by atoms with Crippen LogP contribution in [0.4, 0.5) is 0 Å². The third-order valence-electron chi connectivity index (χ3n) is 3.34. The van der Waals surface area contributed by atoms with Gasteiger partial charge in [0.15, 0.2) is 0 Å². The number of hydrogen-bond acceptors (Lipinski definition) is 2. The molecule has 0 saturated carbocycles. The topological polar surface area (TPSA) is 52.0 Å². The van der Waals surface area contributed by atoms with Crippen molar-refractivity contribution < 1.29 is 0 Å². The van der Waals surface area contributed by atoms with Gasteiger partial charge in [-0.3, -0.25) is 0 Å². The van der Waals surface area contributed by atoms with Gasteiger partial charge in [0.05, 0.1) is 0 Å². The number of rotatable bonds is 4. The van der Waals surface area contributed by atoms with E-state index in [9.17, 15) is 0 Å². The predicted octanol–water partition coefficient (Wildman–Crippen LogP) is 4.19. The first-order valence-corrected chi connectivity index (χ1v) is 7.30. The van der Waals surface area contributed by atoms with Gasteiger partial charge in [-0.2, -0.15) is 0 Å². The van der Waals surface area contributed by atoms with Crippen LogP contribution in [0.1, 0.15) is 49.9 Å². The van der Waals surface area contributed by atoms with Crippen LogP contribution in [0.15, 0.2) is 60.7 Å². The van der Waals surface area contributed by atoms with Crippen LogP contribution < -0.4 is 11.5 Å². The minimum Gasteiger partial charge on any atom is -0.324 e. The van der Waals surface area contributed by atoms with Gasteiger partial charge in [-0.15, -0.1) is 0 Å². The lowest BCUT2D eigenvalue weighted by atomic mass is 10.1. The number of benzene rings is 2. The minimum atomic E-state index is 0.209. The molecule has 4 N–H and O–H groups in total. The Bertz CT molecular complexity index is 408. The Labute approximate surface area is 122 Å². The molecule has 0 aliphatic rings. The van der Waals surface area contributed by atoms with E-state index in [0.717, 1.165) is 12.8 Å². The Morgan fingerprint density at radius 3 is 1.20 bits per heavy atom. The molecule has 0 aliphatic carbocycles. The second-order valence-corrected chi connectivity index (χ2v) is 4.85. The molecule has 0 radical (unpaired) electrons. The Balaban J connectivity index is 0.000000200. The summed E-state index contributed by atoms with van der Waals surface area (Å²) in [6.07, 6.45) is 2.01. The second-order valence-electron chi connectivity index (χ2n) is 4.85. The summed E-state index contributed by atoms with van der Waals surface area (Å²) >= 11 is 0. The lowest BCUT2D eigenvalue weighted by molar-refractivity contribution is 0.699. The molecule has 2 unspecified atom stereocenters. The first kappa shape index (κ1) is 16.4. The van der Waals surface area contributed by atoms with Crippen LogP contribution in [0, 0.1) is 0 Å². The monoisotopic (exact) mass is 270 g/mol. The first-order chi connectivity index (χ1) is 9.69. The van der Waals surface area contributed by atoms with Gasteiger partial charge in [0.1, 0.15) is 0 Å². The summed E-state index contributed by atoms with van der Waals surface area (Å²) in [6.45, 7) is 4.19. The van der Waals surface area contributed by atoms with E-state index in [1.54, 1.807) is 0 Å². The summed E-state index contributed by atoms with van der Waals surface area (Å²) in [7, 11) is 0. The standard InChI is InChI=1S/2C9H13N/c2*1-2-9(10)8-6-4-3-5-7-8/h2*3-7,9H,2,10H2,1H3. The number of nitrogens with two attached hydrogens (primary N) is 2. The Morgan fingerprint density at radius 2 is 0.950 bits per heavy atom. The zero-order valence-electron chi connectivity index (χ0n) is 12.5. The molecule has 0 bridgehead atoms. The largest absolute Gasteiger partial charge is 0.324 e. The van der Waals surface area contributed by atoms with E-state index >= 15 is 0 Å². The SMILES string of the molecule is CCC(N)c1ccccc1.CCC(N)c1ccccc1. The highest BCUT2D eigenvalue weighted by Gasteiger charge is 1.99. The normalized spacial score (nSPS) is 13.0. The van der Waals surface area contributed by atoms with Crippen molar-refractivity contribution >= 4 is 0 Å². The lowest BCUT2D eigenvalue weighted by Gasteiger charge is -2.07. The zero-order valence-corrected chi connectivity index (χ0v) is 12.5. The summed E-state index contributed by atoms with van der Waals surface area (Å²) < 4.78 is 0. The maximum absolute atomic E-state index is 5.79. The molecular weight excluding hydrogens is 244 g/mol. The molecule has 2 aromatic rings. The van der Waals surface area contributed by atoms with Crippen molar-refractivity contribution in [1.29, 1.82) is 0 Å². The maximum Gasteiger partial charge on any atom is 0.0292 e. The van der Waals surface area contributed by atoms with Crippen molar-refractivity contribution in [2.75, 3.05) is 0 Å².